The summed E-state index contributed by atoms with van der Waals surface area (Å²) in [6, 6.07) is 5.75. The first-order valence-electron chi connectivity index (χ1n) is 4.28. The van der Waals surface area contributed by atoms with E-state index in [4.69, 9.17) is 5.73 Å². The highest BCUT2D eigenvalue weighted by molar-refractivity contribution is 5.18. The SMILES string of the molecule is C[C@H](N)C[C@H](O)c1ccc(F)cc1. The summed E-state index contributed by atoms with van der Waals surface area (Å²) in [5.41, 5.74) is 6.23. The fourth-order valence-electron chi connectivity index (χ4n) is 1.17. The third-order valence-electron chi connectivity index (χ3n) is 1.85. The molecule has 13 heavy (non-hydrogen) atoms. The van der Waals surface area contributed by atoms with Crippen molar-refractivity contribution < 1.29 is 9.50 Å². The van der Waals surface area contributed by atoms with Crippen molar-refractivity contribution in [3.63, 3.8) is 0 Å². The third-order valence-corrected chi connectivity index (χ3v) is 1.85. The lowest BCUT2D eigenvalue weighted by Crippen LogP contribution is -2.18. The molecule has 0 radical (unpaired) electrons. The zero-order valence-corrected chi connectivity index (χ0v) is 7.57. The summed E-state index contributed by atoms with van der Waals surface area (Å²) in [6.07, 6.45) is -0.105. The van der Waals surface area contributed by atoms with Crippen molar-refractivity contribution in [3.05, 3.63) is 35.6 Å². The van der Waals surface area contributed by atoms with E-state index in [2.05, 4.69) is 0 Å². The number of hydrogen-bond donors (Lipinski definition) is 2. The Kier molecular flexibility index (Phi) is 3.39. The first-order chi connectivity index (χ1) is 6.09. The minimum atomic E-state index is -0.597. The van der Waals surface area contributed by atoms with Crippen molar-refractivity contribution in [2.45, 2.75) is 25.5 Å². The number of aliphatic hydroxyl groups is 1. The van der Waals surface area contributed by atoms with Crippen molar-refractivity contribution in [3.8, 4) is 0 Å². The van der Waals surface area contributed by atoms with Crippen LogP contribution in [-0.2, 0) is 0 Å². The van der Waals surface area contributed by atoms with Gasteiger partial charge in [0.25, 0.3) is 0 Å². The predicted molar refractivity (Wildman–Crippen MR) is 49.6 cm³/mol. The molecule has 1 aromatic carbocycles. The first-order valence-corrected chi connectivity index (χ1v) is 4.28. The van der Waals surface area contributed by atoms with Gasteiger partial charge in [0, 0.05) is 6.04 Å². The second kappa shape index (κ2) is 4.35. The Morgan fingerprint density at radius 3 is 2.38 bits per heavy atom. The van der Waals surface area contributed by atoms with Gasteiger partial charge in [-0.25, -0.2) is 4.39 Å². The van der Waals surface area contributed by atoms with Crippen LogP contribution in [0, 0.1) is 5.82 Å². The predicted octanol–water partition coefficient (Wildman–Crippen LogP) is 1.60. The molecule has 0 spiro atoms. The summed E-state index contributed by atoms with van der Waals surface area (Å²) < 4.78 is 12.5. The van der Waals surface area contributed by atoms with Gasteiger partial charge in [-0.3, -0.25) is 0 Å². The second-order valence-electron chi connectivity index (χ2n) is 3.28. The Morgan fingerprint density at radius 1 is 1.38 bits per heavy atom. The number of rotatable bonds is 3. The van der Waals surface area contributed by atoms with Crippen LogP contribution in [0.3, 0.4) is 0 Å². The van der Waals surface area contributed by atoms with E-state index in [-0.39, 0.29) is 11.9 Å². The van der Waals surface area contributed by atoms with Gasteiger partial charge in [-0.05, 0) is 31.0 Å². The lowest BCUT2D eigenvalue weighted by molar-refractivity contribution is 0.160. The molecule has 2 atom stereocenters. The van der Waals surface area contributed by atoms with Gasteiger partial charge in [-0.15, -0.1) is 0 Å². The van der Waals surface area contributed by atoms with Crippen molar-refractivity contribution in [1.82, 2.24) is 0 Å². The molecule has 0 amide bonds. The zero-order chi connectivity index (χ0) is 9.84. The highest BCUT2D eigenvalue weighted by atomic mass is 19.1. The van der Waals surface area contributed by atoms with Crippen LogP contribution < -0.4 is 5.73 Å². The van der Waals surface area contributed by atoms with Gasteiger partial charge in [0.05, 0.1) is 6.10 Å². The van der Waals surface area contributed by atoms with Crippen LogP contribution in [0.15, 0.2) is 24.3 Å². The average Bonchev–Trinajstić information content (AvgIpc) is 2.04. The largest absolute Gasteiger partial charge is 0.388 e. The minimum absolute atomic E-state index is 0.0555. The molecule has 0 fully saturated rings. The van der Waals surface area contributed by atoms with Crippen LogP contribution in [-0.4, -0.2) is 11.1 Å². The average molecular weight is 183 g/mol. The Hall–Kier alpha value is -0.930. The van der Waals surface area contributed by atoms with E-state index < -0.39 is 6.10 Å². The van der Waals surface area contributed by atoms with Crippen LogP contribution in [0.2, 0.25) is 0 Å². The lowest BCUT2D eigenvalue weighted by atomic mass is 10.0. The van der Waals surface area contributed by atoms with Crippen LogP contribution in [0.5, 0.6) is 0 Å². The molecular weight excluding hydrogens is 169 g/mol. The summed E-state index contributed by atoms with van der Waals surface area (Å²) in [4.78, 5) is 0. The van der Waals surface area contributed by atoms with Gasteiger partial charge in [-0.2, -0.15) is 0 Å². The number of aliphatic hydroxyl groups excluding tert-OH is 1. The highest BCUT2D eigenvalue weighted by Gasteiger charge is 2.09. The fourth-order valence-corrected chi connectivity index (χ4v) is 1.17. The van der Waals surface area contributed by atoms with Crippen LogP contribution in [0.4, 0.5) is 4.39 Å². The number of hydrogen-bond acceptors (Lipinski definition) is 2. The summed E-state index contributed by atoms with van der Waals surface area (Å²) in [7, 11) is 0. The normalized spacial score (nSPS) is 15.4. The van der Waals surface area contributed by atoms with Crippen LogP contribution in [0.25, 0.3) is 0 Å². The molecule has 2 nitrogen and oxygen atoms in total. The maximum atomic E-state index is 12.5. The molecule has 72 valence electrons. The maximum Gasteiger partial charge on any atom is 0.123 e. The zero-order valence-electron chi connectivity index (χ0n) is 7.57. The highest BCUT2D eigenvalue weighted by Crippen LogP contribution is 2.17. The molecule has 1 rings (SSSR count). The molecule has 3 heteroatoms. The quantitative estimate of drug-likeness (QED) is 0.747. The molecule has 0 saturated carbocycles. The van der Waals surface area contributed by atoms with E-state index in [0.717, 1.165) is 0 Å². The molecule has 0 aliphatic carbocycles. The summed E-state index contributed by atoms with van der Waals surface area (Å²) >= 11 is 0. The Bertz CT molecular complexity index is 258. The smallest absolute Gasteiger partial charge is 0.123 e. The van der Waals surface area contributed by atoms with Gasteiger partial charge in [0.1, 0.15) is 5.82 Å². The van der Waals surface area contributed by atoms with Gasteiger partial charge in [0.15, 0.2) is 0 Å². The first kappa shape index (κ1) is 10.2. The molecule has 1 aromatic rings. The molecule has 0 saturated heterocycles. The van der Waals surface area contributed by atoms with Gasteiger partial charge in [0.2, 0.25) is 0 Å². The molecule has 0 aliphatic heterocycles. The van der Waals surface area contributed by atoms with E-state index in [1.807, 2.05) is 6.92 Å². The van der Waals surface area contributed by atoms with Crippen molar-refractivity contribution >= 4 is 0 Å². The molecule has 0 bridgehead atoms. The van der Waals surface area contributed by atoms with Crippen molar-refractivity contribution in [2.24, 2.45) is 5.73 Å². The van der Waals surface area contributed by atoms with E-state index in [0.29, 0.717) is 12.0 Å². The summed E-state index contributed by atoms with van der Waals surface area (Å²) in [5, 5.41) is 9.58. The number of halogens is 1. The molecule has 0 unspecified atom stereocenters. The Labute approximate surface area is 77.2 Å². The maximum absolute atomic E-state index is 12.5. The van der Waals surface area contributed by atoms with Crippen molar-refractivity contribution in [2.75, 3.05) is 0 Å². The summed E-state index contributed by atoms with van der Waals surface area (Å²) in [6.45, 7) is 1.83. The van der Waals surface area contributed by atoms with E-state index in [1.54, 1.807) is 12.1 Å². The molecule has 0 heterocycles. The Morgan fingerprint density at radius 2 is 1.92 bits per heavy atom. The third kappa shape index (κ3) is 3.13. The van der Waals surface area contributed by atoms with E-state index >= 15 is 0 Å². The van der Waals surface area contributed by atoms with Gasteiger partial charge in [-0.1, -0.05) is 12.1 Å². The molecular formula is C10H14FNO. The standard InChI is InChI=1S/C10H14FNO/c1-7(12)6-10(13)8-2-4-9(11)5-3-8/h2-5,7,10,13H,6,12H2,1H3/t7-,10-/m0/s1. The molecule has 3 N–H and O–H groups in total. The fraction of sp³-hybridized carbons (Fsp3) is 0.400. The van der Waals surface area contributed by atoms with Crippen LogP contribution in [0.1, 0.15) is 25.0 Å². The van der Waals surface area contributed by atoms with Gasteiger partial charge < -0.3 is 10.8 Å². The molecule has 0 aliphatic rings. The topological polar surface area (TPSA) is 46.2 Å². The number of benzene rings is 1. The van der Waals surface area contributed by atoms with Gasteiger partial charge >= 0.3 is 0 Å². The number of nitrogens with two attached hydrogens (primary N) is 1. The molecule has 0 aromatic heterocycles. The monoisotopic (exact) mass is 183 g/mol. The Balaban J connectivity index is 2.66. The van der Waals surface area contributed by atoms with Crippen LogP contribution >= 0.6 is 0 Å². The minimum Gasteiger partial charge on any atom is -0.388 e. The second-order valence-corrected chi connectivity index (χ2v) is 3.28. The van der Waals surface area contributed by atoms with E-state index in [1.165, 1.54) is 12.1 Å². The lowest BCUT2D eigenvalue weighted by Gasteiger charge is -2.12. The summed E-state index contributed by atoms with van der Waals surface area (Å²) in [5.74, 6) is -0.295. The van der Waals surface area contributed by atoms with Crippen molar-refractivity contribution in [1.29, 1.82) is 0 Å². The van der Waals surface area contributed by atoms with E-state index in [9.17, 15) is 9.50 Å².